The highest BCUT2D eigenvalue weighted by atomic mass is 32.2. The zero-order valence-corrected chi connectivity index (χ0v) is 17.1. The first-order valence-corrected chi connectivity index (χ1v) is 9.78. The van der Waals surface area contributed by atoms with Crippen LogP contribution in [0.15, 0.2) is 28.2 Å². The quantitative estimate of drug-likeness (QED) is 0.598. The lowest BCUT2D eigenvalue weighted by atomic mass is 9.93. The molecule has 0 unspecified atom stereocenters. The van der Waals surface area contributed by atoms with Crippen LogP contribution in [-0.2, 0) is 18.3 Å². The predicted molar refractivity (Wildman–Crippen MR) is 105 cm³/mol. The summed E-state index contributed by atoms with van der Waals surface area (Å²) in [6.45, 7) is 2.57. The van der Waals surface area contributed by atoms with Crippen LogP contribution in [0.4, 0.5) is 0 Å². The van der Waals surface area contributed by atoms with Gasteiger partial charge in [-0.25, -0.2) is 0 Å². The molecule has 0 fully saturated rings. The van der Waals surface area contributed by atoms with E-state index in [-0.39, 0.29) is 29.1 Å². The molecule has 1 atom stereocenters. The maximum atomic E-state index is 12.8. The lowest BCUT2D eigenvalue weighted by Gasteiger charge is -2.35. The van der Waals surface area contributed by atoms with E-state index in [9.17, 15) is 14.7 Å². The van der Waals surface area contributed by atoms with Gasteiger partial charge in [0, 0.05) is 13.6 Å². The van der Waals surface area contributed by atoms with Crippen LogP contribution in [0.3, 0.4) is 0 Å². The second-order valence-corrected chi connectivity index (χ2v) is 7.44. The maximum Gasteiger partial charge on any atom is 0.257 e. The van der Waals surface area contributed by atoms with Gasteiger partial charge in [-0.3, -0.25) is 14.2 Å². The summed E-state index contributed by atoms with van der Waals surface area (Å²) in [5.74, 6) is 1.03. The third-order valence-corrected chi connectivity index (χ3v) is 5.93. The number of nitrogens with zero attached hydrogens (tertiary/aromatic N) is 3. The highest BCUT2D eigenvalue weighted by Gasteiger charge is 2.29. The Balaban J connectivity index is 1.77. The molecule has 150 valence electrons. The van der Waals surface area contributed by atoms with Gasteiger partial charge in [-0.15, -0.1) is 0 Å². The first-order valence-electron chi connectivity index (χ1n) is 8.79. The number of aromatic nitrogens is 2. The topological polar surface area (TPSA) is 93.9 Å². The molecule has 1 aliphatic heterocycles. The predicted octanol–water partition coefficient (Wildman–Crippen LogP) is 1.74. The molecule has 28 heavy (non-hydrogen) atoms. The van der Waals surface area contributed by atoms with Crippen molar-refractivity contribution < 1.29 is 19.4 Å². The molecule has 1 aromatic heterocycles. The number of fused-ring (bicyclic) bond motifs is 1. The van der Waals surface area contributed by atoms with Gasteiger partial charge in [0.1, 0.15) is 0 Å². The van der Waals surface area contributed by atoms with Gasteiger partial charge in [-0.2, -0.15) is 4.98 Å². The molecule has 2 aromatic rings. The number of ether oxygens (including phenoxy) is 2. The molecule has 0 saturated heterocycles. The van der Waals surface area contributed by atoms with Crippen LogP contribution in [0.2, 0.25) is 0 Å². The summed E-state index contributed by atoms with van der Waals surface area (Å²) in [6.07, 6.45) is 0.722. The van der Waals surface area contributed by atoms with Gasteiger partial charge in [0.2, 0.25) is 11.8 Å². The van der Waals surface area contributed by atoms with Crippen molar-refractivity contribution >= 4 is 17.7 Å². The van der Waals surface area contributed by atoms with Crippen LogP contribution in [0, 0.1) is 0 Å². The number of carbonyl (C=O) groups excluding carboxylic acids is 1. The number of hydrogen-bond acceptors (Lipinski definition) is 7. The van der Waals surface area contributed by atoms with E-state index in [1.165, 1.54) is 4.57 Å². The summed E-state index contributed by atoms with van der Waals surface area (Å²) in [6, 6.07) is 4.81. The molecule has 1 aromatic carbocycles. The minimum Gasteiger partial charge on any atom is -0.493 e. The number of benzene rings is 1. The number of aromatic hydroxyl groups is 1. The Bertz CT molecular complexity index is 959. The summed E-state index contributed by atoms with van der Waals surface area (Å²) in [7, 11) is 4.75. The van der Waals surface area contributed by atoms with E-state index in [2.05, 4.69) is 4.98 Å². The molecule has 0 radical (unpaired) electrons. The molecule has 0 saturated carbocycles. The Morgan fingerprint density at radius 1 is 1.29 bits per heavy atom. The Morgan fingerprint density at radius 3 is 2.64 bits per heavy atom. The van der Waals surface area contributed by atoms with Crippen molar-refractivity contribution in [1.82, 2.24) is 14.5 Å². The monoisotopic (exact) mass is 405 g/mol. The molecule has 9 heteroatoms. The number of hydrogen-bond donors (Lipinski definition) is 1. The van der Waals surface area contributed by atoms with Crippen LogP contribution in [0.25, 0.3) is 0 Å². The molecule has 1 aliphatic rings. The molecule has 3 rings (SSSR count). The SMILES string of the molecule is COc1cc2c(cc1OC)[C@@H](C)N(C(=O)CSc1nc(O)cc(=O)n1C)CC2. The molecule has 0 aliphatic carbocycles. The molecule has 0 spiro atoms. The van der Waals surface area contributed by atoms with Crippen molar-refractivity contribution in [3.63, 3.8) is 0 Å². The third kappa shape index (κ3) is 3.80. The number of amides is 1. The van der Waals surface area contributed by atoms with Gasteiger partial charge in [0.15, 0.2) is 16.7 Å². The van der Waals surface area contributed by atoms with Gasteiger partial charge in [-0.05, 0) is 36.6 Å². The van der Waals surface area contributed by atoms with Crippen molar-refractivity contribution in [3.8, 4) is 17.4 Å². The lowest BCUT2D eigenvalue weighted by Crippen LogP contribution is -2.40. The zero-order valence-electron chi connectivity index (χ0n) is 16.3. The van der Waals surface area contributed by atoms with Crippen LogP contribution >= 0.6 is 11.8 Å². The van der Waals surface area contributed by atoms with Gasteiger partial charge in [-0.1, -0.05) is 11.8 Å². The Labute approximate surface area is 167 Å². The molecule has 8 nitrogen and oxygen atoms in total. The van der Waals surface area contributed by atoms with Crippen molar-refractivity contribution in [1.29, 1.82) is 0 Å². The molecule has 1 N–H and O–H groups in total. The van der Waals surface area contributed by atoms with Gasteiger partial charge < -0.3 is 19.5 Å². The molecule has 2 heterocycles. The largest absolute Gasteiger partial charge is 0.493 e. The number of methoxy groups -OCH3 is 2. The molecular weight excluding hydrogens is 382 g/mol. The van der Waals surface area contributed by atoms with E-state index >= 15 is 0 Å². The van der Waals surface area contributed by atoms with E-state index in [1.54, 1.807) is 21.3 Å². The van der Waals surface area contributed by atoms with E-state index in [0.29, 0.717) is 23.2 Å². The fourth-order valence-electron chi connectivity index (χ4n) is 3.33. The molecule has 0 bridgehead atoms. The number of rotatable bonds is 5. The molecular formula is C19H23N3O5S. The highest BCUT2D eigenvalue weighted by Crippen LogP contribution is 2.38. The average molecular weight is 405 g/mol. The van der Waals surface area contributed by atoms with E-state index in [4.69, 9.17) is 9.47 Å². The van der Waals surface area contributed by atoms with Crippen molar-refractivity contribution in [2.24, 2.45) is 7.05 Å². The zero-order chi connectivity index (χ0) is 20.4. The van der Waals surface area contributed by atoms with Crippen LogP contribution < -0.4 is 15.0 Å². The summed E-state index contributed by atoms with van der Waals surface area (Å²) >= 11 is 1.13. The summed E-state index contributed by atoms with van der Waals surface area (Å²) < 4.78 is 12.1. The van der Waals surface area contributed by atoms with Crippen molar-refractivity contribution in [2.75, 3.05) is 26.5 Å². The fourth-order valence-corrected chi connectivity index (χ4v) is 4.19. The van der Waals surface area contributed by atoms with Crippen molar-refractivity contribution in [3.05, 3.63) is 39.7 Å². The fraction of sp³-hybridized carbons (Fsp3) is 0.421. The van der Waals surface area contributed by atoms with Gasteiger partial charge >= 0.3 is 0 Å². The number of carbonyl (C=O) groups is 1. The van der Waals surface area contributed by atoms with Crippen LogP contribution in [-0.4, -0.2) is 52.0 Å². The van der Waals surface area contributed by atoms with E-state index in [1.807, 2.05) is 24.0 Å². The minimum atomic E-state index is -0.372. The van der Waals surface area contributed by atoms with E-state index < -0.39 is 0 Å². The highest BCUT2D eigenvalue weighted by molar-refractivity contribution is 7.99. The molecule has 1 amide bonds. The third-order valence-electron chi connectivity index (χ3n) is 4.91. The number of thioether (sulfide) groups is 1. The second-order valence-electron chi connectivity index (χ2n) is 6.50. The Kier molecular flexibility index (Phi) is 5.83. The van der Waals surface area contributed by atoms with Gasteiger partial charge in [0.05, 0.1) is 32.1 Å². The van der Waals surface area contributed by atoms with Crippen molar-refractivity contribution in [2.45, 2.75) is 24.5 Å². The smallest absolute Gasteiger partial charge is 0.257 e. The standard InChI is InChI=1S/C19H23N3O5S/c1-11-13-8-15(27-4)14(26-3)7-12(13)5-6-22(11)18(25)10-28-19-20-16(23)9-17(24)21(19)2/h7-9,11,23H,5-6,10H2,1-4H3/t11-/m1/s1. The van der Waals surface area contributed by atoms with Gasteiger partial charge in [0.25, 0.3) is 5.56 Å². The minimum absolute atomic E-state index is 0.0597. The second kappa shape index (κ2) is 8.14. The first kappa shape index (κ1) is 20.1. The average Bonchev–Trinajstić information content (AvgIpc) is 2.68. The first-order chi connectivity index (χ1) is 13.3. The van der Waals surface area contributed by atoms with Crippen LogP contribution in [0.1, 0.15) is 24.1 Å². The maximum absolute atomic E-state index is 12.8. The lowest BCUT2D eigenvalue weighted by molar-refractivity contribution is -0.130. The van der Waals surface area contributed by atoms with Crippen LogP contribution in [0.5, 0.6) is 17.4 Å². The summed E-state index contributed by atoms with van der Waals surface area (Å²) in [5.41, 5.74) is 1.80. The summed E-state index contributed by atoms with van der Waals surface area (Å²) in [5, 5.41) is 9.82. The summed E-state index contributed by atoms with van der Waals surface area (Å²) in [4.78, 5) is 30.3. The normalized spacial score (nSPS) is 15.9. The Morgan fingerprint density at radius 2 is 1.96 bits per heavy atom. The van der Waals surface area contributed by atoms with E-state index in [0.717, 1.165) is 35.4 Å². The Hall–Kier alpha value is -2.68.